The van der Waals surface area contributed by atoms with Gasteiger partial charge in [0.05, 0.1) is 0 Å². The molecule has 0 fully saturated rings. The van der Waals surface area contributed by atoms with Gasteiger partial charge in [0.15, 0.2) is 0 Å². The predicted octanol–water partition coefficient (Wildman–Crippen LogP) is 3.11. The van der Waals surface area contributed by atoms with Crippen LogP contribution < -0.4 is 0 Å². The summed E-state index contributed by atoms with van der Waals surface area (Å²) >= 11 is 6.15. The van der Waals surface area contributed by atoms with Gasteiger partial charge in [-0.2, -0.15) is 0 Å². The number of halogens is 1. The van der Waals surface area contributed by atoms with Gasteiger partial charge in [0, 0.05) is 24.2 Å². The quantitative estimate of drug-likeness (QED) is 0.687. The van der Waals surface area contributed by atoms with Crippen LogP contribution in [0.1, 0.15) is 25.0 Å². The standard InChI is InChI=1S/C12H16ClN/c1-9(2)14-7-6-11-10(8-14)4-3-5-12(11)13/h3-5,9H,6-8H2,1-2H3. The van der Waals surface area contributed by atoms with Gasteiger partial charge >= 0.3 is 0 Å². The Hall–Kier alpha value is -0.530. The predicted molar refractivity (Wildman–Crippen MR) is 60.7 cm³/mol. The van der Waals surface area contributed by atoms with Gasteiger partial charge < -0.3 is 0 Å². The molecule has 14 heavy (non-hydrogen) atoms. The second-order valence-electron chi connectivity index (χ2n) is 4.19. The Balaban J connectivity index is 2.27. The largest absolute Gasteiger partial charge is 0.296 e. The van der Waals surface area contributed by atoms with Crippen LogP contribution in [0.25, 0.3) is 0 Å². The molecule has 0 spiro atoms. The second kappa shape index (κ2) is 3.92. The molecule has 0 aromatic heterocycles. The van der Waals surface area contributed by atoms with Crippen molar-refractivity contribution >= 4 is 11.6 Å². The molecule has 1 aromatic carbocycles. The Labute approximate surface area is 90.7 Å². The fourth-order valence-corrected chi connectivity index (χ4v) is 2.31. The molecule has 1 aliphatic rings. The van der Waals surface area contributed by atoms with E-state index < -0.39 is 0 Å². The van der Waals surface area contributed by atoms with Gasteiger partial charge in [-0.15, -0.1) is 0 Å². The third kappa shape index (κ3) is 1.79. The first-order valence-electron chi connectivity index (χ1n) is 5.19. The van der Waals surface area contributed by atoms with Crippen LogP contribution >= 0.6 is 11.6 Å². The average molecular weight is 210 g/mol. The highest BCUT2D eigenvalue weighted by Crippen LogP contribution is 2.26. The van der Waals surface area contributed by atoms with Gasteiger partial charge in [-0.05, 0) is 37.5 Å². The number of benzene rings is 1. The molecule has 2 rings (SSSR count). The Morgan fingerprint density at radius 3 is 2.86 bits per heavy atom. The maximum Gasteiger partial charge on any atom is 0.0441 e. The van der Waals surface area contributed by atoms with Gasteiger partial charge in [-0.25, -0.2) is 0 Å². The van der Waals surface area contributed by atoms with E-state index in [1.165, 1.54) is 11.1 Å². The summed E-state index contributed by atoms with van der Waals surface area (Å²) in [6, 6.07) is 6.86. The number of hydrogen-bond donors (Lipinski definition) is 0. The van der Waals surface area contributed by atoms with Crippen molar-refractivity contribution in [1.29, 1.82) is 0 Å². The molecule has 0 bridgehead atoms. The van der Waals surface area contributed by atoms with E-state index in [9.17, 15) is 0 Å². The molecule has 0 radical (unpaired) electrons. The van der Waals surface area contributed by atoms with Crippen LogP contribution in [-0.4, -0.2) is 17.5 Å². The van der Waals surface area contributed by atoms with Crippen LogP contribution in [-0.2, 0) is 13.0 Å². The number of rotatable bonds is 1. The van der Waals surface area contributed by atoms with Gasteiger partial charge in [-0.1, -0.05) is 23.7 Å². The maximum atomic E-state index is 6.15. The summed E-state index contributed by atoms with van der Waals surface area (Å²) in [4.78, 5) is 2.48. The Kier molecular flexibility index (Phi) is 2.80. The van der Waals surface area contributed by atoms with Gasteiger partial charge in [0.25, 0.3) is 0 Å². The summed E-state index contributed by atoms with van der Waals surface area (Å²) < 4.78 is 0. The van der Waals surface area contributed by atoms with E-state index in [-0.39, 0.29) is 0 Å². The van der Waals surface area contributed by atoms with Crippen molar-refractivity contribution in [2.75, 3.05) is 6.54 Å². The topological polar surface area (TPSA) is 3.24 Å². The lowest BCUT2D eigenvalue weighted by molar-refractivity contribution is 0.203. The minimum atomic E-state index is 0.627. The Morgan fingerprint density at radius 2 is 2.14 bits per heavy atom. The normalized spacial score (nSPS) is 17.1. The van der Waals surface area contributed by atoms with E-state index in [1.807, 2.05) is 12.1 Å². The number of fused-ring (bicyclic) bond motifs is 1. The molecule has 0 N–H and O–H groups in total. The van der Waals surface area contributed by atoms with Crippen molar-refractivity contribution in [1.82, 2.24) is 4.90 Å². The smallest absolute Gasteiger partial charge is 0.0441 e. The van der Waals surface area contributed by atoms with Crippen molar-refractivity contribution in [2.24, 2.45) is 0 Å². The molecule has 0 atom stereocenters. The summed E-state index contributed by atoms with van der Waals surface area (Å²) in [5.41, 5.74) is 2.75. The van der Waals surface area contributed by atoms with E-state index in [4.69, 9.17) is 11.6 Å². The van der Waals surface area contributed by atoms with Gasteiger partial charge in [-0.3, -0.25) is 4.90 Å². The first-order chi connectivity index (χ1) is 6.68. The molecule has 0 saturated carbocycles. The van der Waals surface area contributed by atoms with Crippen LogP contribution in [0.5, 0.6) is 0 Å². The summed E-state index contributed by atoms with van der Waals surface area (Å²) in [5, 5.41) is 0.936. The van der Waals surface area contributed by atoms with Crippen LogP contribution in [0.2, 0.25) is 5.02 Å². The highest BCUT2D eigenvalue weighted by molar-refractivity contribution is 6.31. The van der Waals surface area contributed by atoms with Crippen molar-refractivity contribution in [3.8, 4) is 0 Å². The minimum absolute atomic E-state index is 0.627. The zero-order valence-corrected chi connectivity index (χ0v) is 9.51. The van der Waals surface area contributed by atoms with Crippen LogP contribution in [0.4, 0.5) is 0 Å². The summed E-state index contributed by atoms with van der Waals surface area (Å²) in [7, 11) is 0. The van der Waals surface area contributed by atoms with Crippen LogP contribution in [0.15, 0.2) is 18.2 Å². The lowest BCUT2D eigenvalue weighted by Crippen LogP contribution is -2.35. The summed E-state index contributed by atoms with van der Waals surface area (Å²) in [5.74, 6) is 0. The molecule has 76 valence electrons. The SMILES string of the molecule is CC(C)N1CCc2c(Cl)cccc2C1. The summed E-state index contributed by atoms with van der Waals surface area (Å²) in [6.45, 7) is 6.67. The average Bonchev–Trinajstić information content (AvgIpc) is 2.17. The lowest BCUT2D eigenvalue weighted by atomic mass is 9.99. The molecule has 0 aliphatic carbocycles. The van der Waals surface area contributed by atoms with Crippen molar-refractivity contribution in [3.05, 3.63) is 34.3 Å². The van der Waals surface area contributed by atoms with Crippen LogP contribution in [0, 0.1) is 0 Å². The molecule has 0 amide bonds. The molecule has 1 aromatic rings. The Morgan fingerprint density at radius 1 is 1.36 bits per heavy atom. The van der Waals surface area contributed by atoms with E-state index in [0.29, 0.717) is 6.04 Å². The van der Waals surface area contributed by atoms with Crippen molar-refractivity contribution in [3.63, 3.8) is 0 Å². The molecule has 0 unspecified atom stereocenters. The molecule has 1 aliphatic heterocycles. The van der Waals surface area contributed by atoms with Crippen LogP contribution in [0.3, 0.4) is 0 Å². The van der Waals surface area contributed by atoms with Gasteiger partial charge in [0.1, 0.15) is 0 Å². The van der Waals surface area contributed by atoms with Crippen molar-refractivity contribution in [2.45, 2.75) is 32.9 Å². The first-order valence-corrected chi connectivity index (χ1v) is 5.56. The van der Waals surface area contributed by atoms with E-state index >= 15 is 0 Å². The third-order valence-electron chi connectivity index (χ3n) is 2.97. The summed E-state index contributed by atoms with van der Waals surface area (Å²) in [6.07, 6.45) is 1.09. The Bertz CT molecular complexity index is 333. The van der Waals surface area contributed by atoms with E-state index in [2.05, 4.69) is 24.8 Å². The second-order valence-corrected chi connectivity index (χ2v) is 4.60. The molecule has 1 heterocycles. The zero-order chi connectivity index (χ0) is 10.1. The molecule has 2 heteroatoms. The molecule has 1 nitrogen and oxygen atoms in total. The fraction of sp³-hybridized carbons (Fsp3) is 0.500. The highest BCUT2D eigenvalue weighted by atomic mass is 35.5. The monoisotopic (exact) mass is 209 g/mol. The van der Waals surface area contributed by atoms with E-state index in [1.54, 1.807) is 0 Å². The van der Waals surface area contributed by atoms with Gasteiger partial charge in [0.2, 0.25) is 0 Å². The van der Waals surface area contributed by atoms with Crippen molar-refractivity contribution < 1.29 is 0 Å². The minimum Gasteiger partial charge on any atom is -0.296 e. The molecule has 0 saturated heterocycles. The molecular formula is C12H16ClN. The fourth-order valence-electron chi connectivity index (χ4n) is 2.03. The number of nitrogens with zero attached hydrogens (tertiary/aromatic N) is 1. The zero-order valence-electron chi connectivity index (χ0n) is 8.76. The molecular weight excluding hydrogens is 194 g/mol. The first kappa shape index (κ1) is 10.0. The van der Waals surface area contributed by atoms with E-state index in [0.717, 1.165) is 24.5 Å². The third-order valence-corrected chi connectivity index (χ3v) is 3.32. The lowest BCUT2D eigenvalue weighted by Gasteiger charge is -2.32. The number of hydrogen-bond acceptors (Lipinski definition) is 1. The maximum absolute atomic E-state index is 6.15. The highest BCUT2D eigenvalue weighted by Gasteiger charge is 2.19.